The van der Waals surface area contributed by atoms with E-state index >= 15 is 0 Å². The molecule has 4 heteroatoms. The van der Waals surface area contributed by atoms with Crippen LogP contribution in [0.15, 0.2) is 24.4 Å². The zero-order chi connectivity index (χ0) is 12.3. The molecule has 3 nitrogen and oxygen atoms in total. The Kier molecular flexibility index (Phi) is 3.54. The minimum Gasteiger partial charge on any atom is -0.308 e. The van der Waals surface area contributed by atoms with Crippen LogP contribution in [0.4, 0.5) is 4.39 Å². The largest absolute Gasteiger partial charge is 0.308 e. The van der Waals surface area contributed by atoms with Gasteiger partial charge in [-0.2, -0.15) is 5.10 Å². The van der Waals surface area contributed by atoms with Gasteiger partial charge in [0.25, 0.3) is 0 Å². The van der Waals surface area contributed by atoms with E-state index in [1.54, 1.807) is 13.0 Å². The molecule has 0 bridgehead atoms. The van der Waals surface area contributed by atoms with Crippen molar-refractivity contribution in [2.75, 3.05) is 0 Å². The minimum absolute atomic E-state index is 0.153. The minimum atomic E-state index is -0.153. The van der Waals surface area contributed by atoms with Crippen LogP contribution in [0.1, 0.15) is 22.4 Å². The number of benzene rings is 1. The van der Waals surface area contributed by atoms with Gasteiger partial charge in [-0.05, 0) is 31.0 Å². The zero-order valence-electron chi connectivity index (χ0n) is 10.0. The second kappa shape index (κ2) is 5.10. The Balaban J connectivity index is 1.90. The van der Waals surface area contributed by atoms with Gasteiger partial charge < -0.3 is 5.32 Å². The molecule has 0 saturated carbocycles. The highest BCUT2D eigenvalue weighted by molar-refractivity contribution is 5.24. The summed E-state index contributed by atoms with van der Waals surface area (Å²) in [6, 6.07) is 5.18. The van der Waals surface area contributed by atoms with Crippen molar-refractivity contribution in [3.63, 3.8) is 0 Å². The van der Waals surface area contributed by atoms with E-state index in [1.807, 2.05) is 19.2 Å². The predicted octanol–water partition coefficient (Wildman–Crippen LogP) is 2.46. The van der Waals surface area contributed by atoms with Crippen molar-refractivity contribution < 1.29 is 4.39 Å². The first-order valence-corrected chi connectivity index (χ1v) is 5.61. The van der Waals surface area contributed by atoms with Crippen LogP contribution in [0.2, 0.25) is 0 Å². The molecule has 0 spiro atoms. The van der Waals surface area contributed by atoms with Gasteiger partial charge in [0.15, 0.2) is 0 Å². The van der Waals surface area contributed by atoms with E-state index in [-0.39, 0.29) is 5.82 Å². The molecule has 90 valence electrons. The molecule has 17 heavy (non-hydrogen) atoms. The smallest absolute Gasteiger partial charge is 0.126 e. The lowest BCUT2D eigenvalue weighted by Crippen LogP contribution is -2.13. The first kappa shape index (κ1) is 11.8. The average Bonchev–Trinajstić information content (AvgIpc) is 2.70. The molecule has 0 aliphatic rings. The molecule has 0 fully saturated rings. The van der Waals surface area contributed by atoms with E-state index in [9.17, 15) is 4.39 Å². The Morgan fingerprint density at radius 3 is 2.76 bits per heavy atom. The zero-order valence-corrected chi connectivity index (χ0v) is 10.0. The lowest BCUT2D eigenvalue weighted by molar-refractivity contribution is 0.615. The number of aryl methyl sites for hydroxylation is 2. The number of hydrogen-bond donors (Lipinski definition) is 2. The molecule has 0 aliphatic heterocycles. The van der Waals surface area contributed by atoms with E-state index < -0.39 is 0 Å². The standard InChI is InChI=1S/C13H16FN3/c1-9-5-11(3-4-13(9)14)6-15-7-12-8-16-17-10(12)2/h3-5,8,15H,6-7H2,1-2H3,(H,16,17). The number of nitrogens with zero attached hydrogens (tertiary/aromatic N) is 1. The molecule has 2 rings (SSSR count). The van der Waals surface area contributed by atoms with Gasteiger partial charge in [0.05, 0.1) is 6.20 Å². The summed E-state index contributed by atoms with van der Waals surface area (Å²) >= 11 is 0. The van der Waals surface area contributed by atoms with Crippen LogP contribution in [0.5, 0.6) is 0 Å². The van der Waals surface area contributed by atoms with E-state index in [2.05, 4.69) is 15.5 Å². The highest BCUT2D eigenvalue weighted by Gasteiger charge is 2.01. The summed E-state index contributed by atoms with van der Waals surface area (Å²) in [4.78, 5) is 0. The monoisotopic (exact) mass is 233 g/mol. The van der Waals surface area contributed by atoms with Crippen molar-refractivity contribution in [1.82, 2.24) is 15.5 Å². The fourth-order valence-corrected chi connectivity index (χ4v) is 1.71. The van der Waals surface area contributed by atoms with Crippen LogP contribution >= 0.6 is 0 Å². The molecule has 1 aromatic carbocycles. The lowest BCUT2D eigenvalue weighted by atomic mass is 10.1. The number of halogens is 1. The quantitative estimate of drug-likeness (QED) is 0.851. The molecule has 0 unspecified atom stereocenters. The number of aromatic nitrogens is 2. The molecular weight excluding hydrogens is 217 g/mol. The van der Waals surface area contributed by atoms with Gasteiger partial charge in [-0.25, -0.2) is 4.39 Å². The normalized spacial score (nSPS) is 10.8. The topological polar surface area (TPSA) is 40.7 Å². The maximum atomic E-state index is 13.1. The summed E-state index contributed by atoms with van der Waals surface area (Å²) in [6.07, 6.45) is 1.82. The van der Waals surface area contributed by atoms with Gasteiger partial charge in [-0.3, -0.25) is 5.10 Å². The van der Waals surface area contributed by atoms with Gasteiger partial charge in [0.2, 0.25) is 0 Å². The van der Waals surface area contributed by atoms with Crippen LogP contribution in [0.25, 0.3) is 0 Å². The lowest BCUT2D eigenvalue weighted by Gasteiger charge is -2.05. The number of rotatable bonds is 4. The maximum Gasteiger partial charge on any atom is 0.126 e. The van der Waals surface area contributed by atoms with E-state index in [4.69, 9.17) is 0 Å². The summed E-state index contributed by atoms with van der Waals surface area (Å²) in [5, 5.41) is 10.2. The highest BCUT2D eigenvalue weighted by Crippen LogP contribution is 2.09. The van der Waals surface area contributed by atoms with Crippen LogP contribution in [-0.4, -0.2) is 10.2 Å². The van der Waals surface area contributed by atoms with Crippen molar-refractivity contribution in [3.05, 3.63) is 52.6 Å². The summed E-state index contributed by atoms with van der Waals surface area (Å²) < 4.78 is 13.1. The molecule has 0 amide bonds. The van der Waals surface area contributed by atoms with Gasteiger partial charge in [-0.15, -0.1) is 0 Å². The Hall–Kier alpha value is -1.68. The Morgan fingerprint density at radius 1 is 1.29 bits per heavy atom. The van der Waals surface area contributed by atoms with Gasteiger partial charge in [-0.1, -0.05) is 12.1 Å². The molecule has 2 aromatic rings. The fraction of sp³-hybridized carbons (Fsp3) is 0.308. The Morgan fingerprint density at radius 2 is 2.12 bits per heavy atom. The third kappa shape index (κ3) is 2.91. The first-order valence-electron chi connectivity index (χ1n) is 5.61. The SMILES string of the molecule is Cc1cc(CNCc2cn[nH]c2C)ccc1F. The number of nitrogens with one attached hydrogen (secondary N) is 2. The molecule has 0 aliphatic carbocycles. The summed E-state index contributed by atoms with van der Waals surface area (Å²) in [5.74, 6) is -0.153. The molecule has 1 aromatic heterocycles. The molecule has 1 heterocycles. The van der Waals surface area contributed by atoms with Crippen LogP contribution in [0.3, 0.4) is 0 Å². The maximum absolute atomic E-state index is 13.1. The van der Waals surface area contributed by atoms with E-state index in [0.29, 0.717) is 5.56 Å². The highest BCUT2D eigenvalue weighted by atomic mass is 19.1. The second-order valence-corrected chi connectivity index (χ2v) is 4.21. The van der Waals surface area contributed by atoms with Crippen molar-refractivity contribution >= 4 is 0 Å². The van der Waals surface area contributed by atoms with Gasteiger partial charge in [0, 0.05) is 24.3 Å². The van der Waals surface area contributed by atoms with Gasteiger partial charge in [0.1, 0.15) is 5.82 Å². The van der Waals surface area contributed by atoms with Crippen molar-refractivity contribution in [1.29, 1.82) is 0 Å². The van der Waals surface area contributed by atoms with Crippen molar-refractivity contribution in [2.24, 2.45) is 0 Å². The Labute approximate surface area is 100 Å². The molecule has 0 radical (unpaired) electrons. The Bertz CT molecular complexity index is 505. The molecular formula is C13H16FN3. The molecule has 2 N–H and O–H groups in total. The number of aromatic amines is 1. The second-order valence-electron chi connectivity index (χ2n) is 4.21. The summed E-state index contributed by atoms with van der Waals surface area (Å²) in [5.41, 5.74) is 4.01. The van der Waals surface area contributed by atoms with Gasteiger partial charge >= 0.3 is 0 Å². The first-order chi connectivity index (χ1) is 8.16. The number of hydrogen-bond acceptors (Lipinski definition) is 2. The number of H-pyrrole nitrogens is 1. The van der Waals surface area contributed by atoms with Crippen LogP contribution in [-0.2, 0) is 13.1 Å². The third-order valence-electron chi connectivity index (χ3n) is 2.80. The molecule has 0 saturated heterocycles. The third-order valence-corrected chi connectivity index (χ3v) is 2.80. The summed E-state index contributed by atoms with van der Waals surface area (Å²) in [7, 11) is 0. The molecule has 0 atom stereocenters. The van der Waals surface area contributed by atoms with E-state index in [1.165, 1.54) is 6.07 Å². The average molecular weight is 233 g/mol. The van der Waals surface area contributed by atoms with Crippen molar-refractivity contribution in [3.8, 4) is 0 Å². The fourth-order valence-electron chi connectivity index (χ4n) is 1.71. The predicted molar refractivity (Wildman–Crippen MR) is 65.0 cm³/mol. The van der Waals surface area contributed by atoms with E-state index in [0.717, 1.165) is 29.9 Å². The van der Waals surface area contributed by atoms with Crippen molar-refractivity contribution in [2.45, 2.75) is 26.9 Å². The van der Waals surface area contributed by atoms with Crippen LogP contribution < -0.4 is 5.32 Å². The van der Waals surface area contributed by atoms with Crippen LogP contribution in [0, 0.1) is 19.7 Å². The summed E-state index contributed by atoms with van der Waals surface area (Å²) in [6.45, 7) is 5.26.